The Kier molecular flexibility index (Phi) is 4.60. The minimum absolute atomic E-state index is 0.112. The molecule has 3 heterocycles. The lowest BCUT2D eigenvalue weighted by Crippen LogP contribution is -2.08. The van der Waals surface area contributed by atoms with Gasteiger partial charge in [0.15, 0.2) is 6.61 Å². The van der Waals surface area contributed by atoms with Gasteiger partial charge in [-0.25, -0.2) is 9.78 Å². The van der Waals surface area contributed by atoms with Crippen LogP contribution >= 0.6 is 0 Å². The van der Waals surface area contributed by atoms with Crippen molar-refractivity contribution >= 4 is 11.6 Å². The van der Waals surface area contributed by atoms with Gasteiger partial charge in [-0.15, -0.1) is 0 Å². The second-order valence-electron chi connectivity index (χ2n) is 6.54. The van der Waals surface area contributed by atoms with Gasteiger partial charge < -0.3 is 9.26 Å². The second-order valence-corrected chi connectivity index (χ2v) is 6.54. The summed E-state index contributed by atoms with van der Waals surface area (Å²) in [5.41, 5.74) is 1.92. The van der Waals surface area contributed by atoms with Crippen LogP contribution < -0.4 is 0 Å². The van der Waals surface area contributed by atoms with Crippen molar-refractivity contribution in [2.75, 3.05) is 0 Å². The van der Waals surface area contributed by atoms with E-state index in [0.29, 0.717) is 17.4 Å². The smallest absolute Gasteiger partial charge is 0.362 e. The zero-order valence-electron chi connectivity index (χ0n) is 15.3. The van der Waals surface area contributed by atoms with Gasteiger partial charge in [0.25, 0.3) is 5.89 Å². The molecule has 0 aliphatic heterocycles. The van der Waals surface area contributed by atoms with Crippen LogP contribution in [-0.2, 0) is 11.3 Å². The number of hydrogen-bond acceptors (Lipinski definition) is 6. The number of imidazole rings is 1. The first-order valence-electron chi connectivity index (χ1n) is 8.75. The Bertz CT molecular complexity index is 1130. The van der Waals surface area contributed by atoms with Gasteiger partial charge in [0.1, 0.15) is 5.65 Å². The van der Waals surface area contributed by atoms with E-state index in [-0.39, 0.29) is 12.5 Å². The van der Waals surface area contributed by atoms with Gasteiger partial charge in [-0.3, -0.25) is 4.40 Å². The number of aromatic nitrogens is 4. The molecular weight excluding hydrogens is 363 g/mol. The maximum absolute atomic E-state index is 14.3. The van der Waals surface area contributed by atoms with Crippen molar-refractivity contribution in [3.63, 3.8) is 0 Å². The highest BCUT2D eigenvalue weighted by Gasteiger charge is 2.21. The van der Waals surface area contributed by atoms with Crippen molar-refractivity contribution in [3.8, 4) is 11.4 Å². The molecule has 8 heteroatoms. The SMILES string of the molecule is CC(C)c1ccc(-c2noc(COC(=O)c3nc4ccccn4c3F)n2)cc1. The van der Waals surface area contributed by atoms with Crippen LogP contribution in [-0.4, -0.2) is 25.5 Å². The van der Waals surface area contributed by atoms with Crippen LogP contribution in [0.1, 0.15) is 41.7 Å². The minimum Gasteiger partial charge on any atom is -0.451 e. The van der Waals surface area contributed by atoms with E-state index < -0.39 is 17.6 Å². The first-order valence-corrected chi connectivity index (χ1v) is 8.75. The Morgan fingerprint density at radius 3 is 2.68 bits per heavy atom. The molecule has 0 aliphatic carbocycles. The van der Waals surface area contributed by atoms with Crippen molar-refractivity contribution < 1.29 is 18.4 Å². The maximum atomic E-state index is 14.3. The number of rotatable bonds is 5. The lowest BCUT2D eigenvalue weighted by molar-refractivity contribution is 0.0417. The van der Waals surface area contributed by atoms with Gasteiger partial charge in [-0.1, -0.05) is 49.3 Å². The van der Waals surface area contributed by atoms with Gasteiger partial charge in [-0.05, 0) is 23.6 Å². The van der Waals surface area contributed by atoms with E-state index in [1.807, 2.05) is 24.3 Å². The molecule has 0 fully saturated rings. The molecule has 4 aromatic rings. The van der Waals surface area contributed by atoms with Gasteiger partial charge in [-0.2, -0.15) is 9.37 Å². The molecule has 0 saturated carbocycles. The third-order valence-electron chi connectivity index (χ3n) is 4.30. The first-order chi connectivity index (χ1) is 13.5. The number of halogens is 1. The van der Waals surface area contributed by atoms with E-state index in [4.69, 9.17) is 9.26 Å². The second kappa shape index (κ2) is 7.22. The van der Waals surface area contributed by atoms with Crippen LogP contribution in [0.3, 0.4) is 0 Å². The van der Waals surface area contributed by atoms with E-state index in [2.05, 4.69) is 29.0 Å². The molecule has 0 radical (unpaired) electrons. The first kappa shape index (κ1) is 17.8. The molecule has 0 aliphatic rings. The maximum Gasteiger partial charge on any atom is 0.362 e. The molecule has 0 amide bonds. The van der Waals surface area contributed by atoms with Gasteiger partial charge in [0, 0.05) is 11.8 Å². The van der Waals surface area contributed by atoms with Crippen molar-refractivity contribution in [1.82, 2.24) is 19.5 Å². The van der Waals surface area contributed by atoms with Gasteiger partial charge in [0.2, 0.25) is 17.5 Å². The molecule has 1 aromatic carbocycles. The Hall–Kier alpha value is -3.55. The third-order valence-corrected chi connectivity index (χ3v) is 4.30. The molecule has 3 aromatic heterocycles. The van der Waals surface area contributed by atoms with Crippen molar-refractivity contribution in [3.05, 3.63) is 71.8 Å². The molecule has 142 valence electrons. The summed E-state index contributed by atoms with van der Waals surface area (Å²) < 4.78 is 25.6. The van der Waals surface area contributed by atoms with Gasteiger partial charge >= 0.3 is 5.97 Å². The van der Waals surface area contributed by atoms with E-state index in [9.17, 15) is 9.18 Å². The standard InChI is InChI=1S/C20H17FN4O3/c1-12(2)13-6-8-14(9-7-13)19-23-16(28-24-19)11-27-20(26)17-18(21)25-10-4-3-5-15(25)22-17/h3-10,12H,11H2,1-2H3. The predicted octanol–water partition coefficient (Wildman–Crippen LogP) is 4.00. The fraction of sp³-hybridized carbons (Fsp3) is 0.200. The summed E-state index contributed by atoms with van der Waals surface area (Å²) in [4.78, 5) is 20.3. The van der Waals surface area contributed by atoms with Crippen molar-refractivity contribution in [2.24, 2.45) is 0 Å². The molecule has 4 rings (SSSR count). The highest BCUT2D eigenvalue weighted by Crippen LogP contribution is 2.21. The number of benzene rings is 1. The fourth-order valence-electron chi connectivity index (χ4n) is 2.74. The molecule has 7 nitrogen and oxygen atoms in total. The van der Waals surface area contributed by atoms with E-state index in [1.54, 1.807) is 18.2 Å². The number of ether oxygens (including phenoxy) is 1. The summed E-state index contributed by atoms with van der Waals surface area (Å²) in [5.74, 6) is -0.755. The number of carbonyl (C=O) groups excluding carboxylic acids is 1. The highest BCUT2D eigenvalue weighted by molar-refractivity contribution is 5.88. The topological polar surface area (TPSA) is 82.5 Å². The number of fused-ring (bicyclic) bond motifs is 1. The lowest BCUT2D eigenvalue weighted by Gasteiger charge is -2.04. The summed E-state index contributed by atoms with van der Waals surface area (Å²) >= 11 is 0. The van der Waals surface area contributed by atoms with Gasteiger partial charge in [0.05, 0.1) is 0 Å². The largest absolute Gasteiger partial charge is 0.451 e. The van der Waals surface area contributed by atoms with E-state index >= 15 is 0 Å². The number of hydrogen-bond donors (Lipinski definition) is 0. The van der Waals surface area contributed by atoms with Crippen LogP contribution in [0.15, 0.2) is 53.2 Å². The minimum atomic E-state index is -0.901. The number of nitrogens with zero attached hydrogens (tertiary/aromatic N) is 4. The molecule has 28 heavy (non-hydrogen) atoms. The Labute approximate surface area is 159 Å². The predicted molar refractivity (Wildman–Crippen MR) is 98.1 cm³/mol. The fourth-order valence-corrected chi connectivity index (χ4v) is 2.74. The summed E-state index contributed by atoms with van der Waals surface area (Å²) in [6.45, 7) is 3.95. The highest BCUT2D eigenvalue weighted by atomic mass is 19.1. The van der Waals surface area contributed by atoms with E-state index in [0.717, 1.165) is 5.56 Å². The Balaban J connectivity index is 1.45. The molecule has 0 bridgehead atoms. The number of pyridine rings is 1. The average Bonchev–Trinajstić information content (AvgIpc) is 3.31. The van der Waals surface area contributed by atoms with Crippen molar-refractivity contribution in [2.45, 2.75) is 26.4 Å². The van der Waals surface area contributed by atoms with Crippen LogP contribution in [0.25, 0.3) is 17.0 Å². The van der Waals surface area contributed by atoms with Crippen LogP contribution in [0.5, 0.6) is 0 Å². The molecule has 0 spiro atoms. The summed E-state index contributed by atoms with van der Waals surface area (Å²) in [6, 6.07) is 12.7. The molecular formula is C20H17FN4O3. The molecule has 0 saturated heterocycles. The molecule has 0 N–H and O–H groups in total. The summed E-state index contributed by atoms with van der Waals surface area (Å²) in [5, 5.41) is 3.89. The zero-order valence-corrected chi connectivity index (χ0v) is 15.3. The van der Waals surface area contributed by atoms with Crippen LogP contribution in [0.2, 0.25) is 0 Å². The summed E-state index contributed by atoms with van der Waals surface area (Å²) in [6.07, 6.45) is 1.48. The van der Waals surface area contributed by atoms with Crippen molar-refractivity contribution in [1.29, 1.82) is 0 Å². The average molecular weight is 380 g/mol. The third kappa shape index (κ3) is 3.36. The van der Waals surface area contributed by atoms with Crippen LogP contribution in [0, 0.1) is 5.95 Å². The van der Waals surface area contributed by atoms with Crippen LogP contribution in [0.4, 0.5) is 4.39 Å². The Morgan fingerprint density at radius 1 is 1.18 bits per heavy atom. The lowest BCUT2D eigenvalue weighted by atomic mass is 10.0. The Morgan fingerprint density at radius 2 is 1.96 bits per heavy atom. The molecule has 0 atom stereocenters. The quantitative estimate of drug-likeness (QED) is 0.487. The number of esters is 1. The summed E-state index contributed by atoms with van der Waals surface area (Å²) in [7, 11) is 0. The van der Waals surface area contributed by atoms with E-state index in [1.165, 1.54) is 16.2 Å². The monoisotopic (exact) mass is 380 g/mol. The molecule has 0 unspecified atom stereocenters. The zero-order chi connectivity index (χ0) is 19.7. The number of carbonyl (C=O) groups is 1. The normalized spacial score (nSPS) is 11.3.